The molecule has 2 heterocycles. The predicted molar refractivity (Wildman–Crippen MR) is 186 cm³/mol. The Morgan fingerprint density at radius 2 is 1.51 bits per heavy atom. The molecule has 2 aromatic heterocycles. The highest BCUT2D eigenvalue weighted by atomic mass is 32.1. The molecule has 4 aromatic rings. The topological polar surface area (TPSA) is 131 Å². The van der Waals surface area contributed by atoms with E-state index in [0.29, 0.717) is 10.7 Å². The van der Waals surface area contributed by atoms with Crippen LogP contribution >= 0.6 is 11.3 Å². The zero-order valence-electron chi connectivity index (χ0n) is 27.5. The lowest BCUT2D eigenvalue weighted by Crippen LogP contribution is -2.49. The van der Waals surface area contributed by atoms with Gasteiger partial charge in [-0.1, -0.05) is 89.8 Å². The number of carbonyl (C=O) groups excluding carboxylic acids is 2. The van der Waals surface area contributed by atoms with Crippen molar-refractivity contribution in [2.24, 2.45) is 0 Å². The Morgan fingerprint density at radius 1 is 0.851 bits per heavy atom. The molecule has 248 valence electrons. The van der Waals surface area contributed by atoms with Crippen LogP contribution in [-0.2, 0) is 21.4 Å². The average molecular weight is 657 g/mol. The third-order valence-corrected chi connectivity index (χ3v) is 9.12. The van der Waals surface area contributed by atoms with Crippen LogP contribution in [0, 0.1) is 0 Å². The largest absolute Gasteiger partial charge is 0.494 e. The number of unbranched alkanes of at least 4 members (excludes halogenated alkanes) is 4. The number of nitrogens with zero attached hydrogens (tertiary/aromatic N) is 2. The summed E-state index contributed by atoms with van der Waals surface area (Å²) in [6.07, 6.45) is 9.76. The van der Waals surface area contributed by atoms with Crippen molar-refractivity contribution in [3.8, 4) is 28.3 Å². The fourth-order valence-electron chi connectivity index (χ4n) is 4.88. The molecule has 0 aliphatic carbocycles. The van der Waals surface area contributed by atoms with E-state index in [4.69, 9.17) is 9.84 Å². The van der Waals surface area contributed by atoms with Crippen LogP contribution in [0.1, 0.15) is 79.9 Å². The van der Waals surface area contributed by atoms with E-state index in [1.165, 1.54) is 37.0 Å². The minimum absolute atomic E-state index is 0.110. The Kier molecular flexibility index (Phi) is 12.6. The summed E-state index contributed by atoms with van der Waals surface area (Å²) in [5.74, 6) is -0.713. The number of hydrogen-bond acceptors (Lipinski definition) is 7. The minimum Gasteiger partial charge on any atom is -0.494 e. The molecule has 0 aliphatic rings. The van der Waals surface area contributed by atoms with Gasteiger partial charge in [0.25, 0.3) is 5.91 Å². The molecular weight excluding hydrogens is 612 g/mol. The van der Waals surface area contributed by atoms with E-state index >= 15 is 0 Å². The second kappa shape index (κ2) is 16.8. The maximum absolute atomic E-state index is 13.1. The number of amides is 2. The highest BCUT2D eigenvalue weighted by Gasteiger charge is 2.25. The number of aromatic nitrogens is 2. The van der Waals surface area contributed by atoms with Crippen molar-refractivity contribution in [1.82, 2.24) is 20.6 Å². The fourth-order valence-corrected chi connectivity index (χ4v) is 5.85. The first kappa shape index (κ1) is 35.3. The van der Waals surface area contributed by atoms with Gasteiger partial charge in [0.1, 0.15) is 18.3 Å². The summed E-state index contributed by atoms with van der Waals surface area (Å²) < 4.78 is 5.88. The molecule has 1 atom stereocenters. The molecule has 47 heavy (non-hydrogen) atoms. The summed E-state index contributed by atoms with van der Waals surface area (Å²) in [5, 5.41) is 14.2. The zero-order chi connectivity index (χ0) is 33.8. The van der Waals surface area contributed by atoms with Crippen LogP contribution in [-0.4, -0.2) is 52.1 Å². The number of nitrogens with one attached hydrogen (secondary N) is 2. The summed E-state index contributed by atoms with van der Waals surface area (Å²) in [4.78, 5) is 47.7. The molecule has 3 N–H and O–H groups in total. The van der Waals surface area contributed by atoms with E-state index in [1.807, 2.05) is 54.6 Å². The van der Waals surface area contributed by atoms with Crippen LogP contribution in [0.5, 0.6) is 5.75 Å². The average Bonchev–Trinajstić information content (AvgIpc) is 3.58. The quantitative estimate of drug-likeness (QED) is 0.110. The molecule has 2 amide bonds. The minimum atomic E-state index is -1.17. The lowest BCUT2D eigenvalue weighted by atomic mass is 9.95. The van der Waals surface area contributed by atoms with Crippen LogP contribution in [0.15, 0.2) is 73.1 Å². The normalized spacial score (nSPS) is 11.9. The van der Waals surface area contributed by atoms with Gasteiger partial charge in [0.15, 0.2) is 5.82 Å². The maximum Gasteiger partial charge on any atom is 0.322 e. The second-order valence-corrected chi connectivity index (χ2v) is 13.6. The van der Waals surface area contributed by atoms with Gasteiger partial charge in [-0.2, -0.15) is 0 Å². The molecule has 4 rings (SSSR count). The molecular formula is C37H44N4O5S. The summed E-state index contributed by atoms with van der Waals surface area (Å²) in [6.45, 7) is 8.59. The van der Waals surface area contributed by atoms with Crippen molar-refractivity contribution in [3.05, 3.63) is 88.4 Å². The van der Waals surface area contributed by atoms with Crippen molar-refractivity contribution in [2.75, 3.05) is 13.2 Å². The van der Waals surface area contributed by atoms with Gasteiger partial charge in [-0.25, -0.2) is 9.97 Å². The van der Waals surface area contributed by atoms with Crippen molar-refractivity contribution in [2.45, 2.75) is 77.7 Å². The zero-order valence-corrected chi connectivity index (χ0v) is 28.4. The molecule has 0 saturated heterocycles. The van der Waals surface area contributed by atoms with Gasteiger partial charge in [-0.05, 0) is 47.2 Å². The lowest BCUT2D eigenvalue weighted by molar-refractivity contribution is -0.138. The third kappa shape index (κ3) is 10.7. The van der Waals surface area contributed by atoms with Crippen LogP contribution in [0.25, 0.3) is 22.5 Å². The summed E-state index contributed by atoms with van der Waals surface area (Å²) in [5.41, 5.74) is 3.36. The summed E-state index contributed by atoms with van der Waals surface area (Å²) >= 11 is 1.37. The Hall–Kier alpha value is -4.57. The maximum atomic E-state index is 13.1. The molecule has 0 fully saturated rings. The van der Waals surface area contributed by atoms with E-state index in [0.717, 1.165) is 45.9 Å². The highest BCUT2D eigenvalue weighted by molar-refractivity contribution is 7.14. The molecule has 0 radical (unpaired) electrons. The first-order valence-electron chi connectivity index (χ1n) is 16.1. The van der Waals surface area contributed by atoms with E-state index in [2.05, 4.69) is 48.3 Å². The number of ether oxygens (including phenoxy) is 1. The number of carboxylic acid groups (broad SMARTS) is 1. The van der Waals surface area contributed by atoms with Gasteiger partial charge in [-0.3, -0.25) is 14.4 Å². The highest BCUT2D eigenvalue weighted by Crippen LogP contribution is 2.29. The molecule has 0 saturated carbocycles. The molecule has 2 aromatic carbocycles. The van der Waals surface area contributed by atoms with Crippen LogP contribution in [0.4, 0.5) is 0 Å². The van der Waals surface area contributed by atoms with E-state index < -0.39 is 24.5 Å². The molecule has 0 bridgehead atoms. The fraction of sp³-hybridized carbons (Fsp3) is 0.378. The standard InChI is InChI=1S/C37H44N4O5S/c1-5-6-7-8-9-20-46-29-16-14-26(15-17-29)28-22-38-34(39-23-28)27-12-10-25(11-13-27)21-30(35(44)40-24-33(42)43)41-36(45)31-18-19-32(47-31)37(2,3)4/h10-19,22-23,30H,5-9,20-21,24H2,1-4H3,(H,40,44)(H,41,45)(H,42,43)/t30-/m0/s1. The van der Waals surface area contributed by atoms with Crippen molar-refractivity contribution < 1.29 is 24.2 Å². The SMILES string of the molecule is CCCCCCCOc1ccc(-c2cnc(-c3ccc(C[C@H](NC(=O)c4ccc(C(C)(C)C)s4)C(=O)NCC(=O)O)cc3)nc2)cc1. The Bertz CT molecular complexity index is 1610. The van der Waals surface area contributed by atoms with Crippen molar-refractivity contribution >= 4 is 29.1 Å². The molecule has 9 nitrogen and oxygen atoms in total. The third-order valence-electron chi connectivity index (χ3n) is 7.61. The van der Waals surface area contributed by atoms with Gasteiger partial charge in [0.2, 0.25) is 5.91 Å². The lowest BCUT2D eigenvalue weighted by Gasteiger charge is -2.18. The van der Waals surface area contributed by atoms with Gasteiger partial charge in [0, 0.05) is 34.8 Å². The molecule has 0 spiro atoms. The van der Waals surface area contributed by atoms with Crippen molar-refractivity contribution in [1.29, 1.82) is 0 Å². The second-order valence-electron chi connectivity index (χ2n) is 12.5. The molecule has 0 aliphatic heterocycles. The van der Waals surface area contributed by atoms with E-state index in [9.17, 15) is 14.4 Å². The Morgan fingerprint density at radius 3 is 2.13 bits per heavy atom. The number of aliphatic carboxylic acids is 1. The van der Waals surface area contributed by atoms with Gasteiger partial charge < -0.3 is 20.5 Å². The van der Waals surface area contributed by atoms with Crippen LogP contribution in [0.3, 0.4) is 0 Å². The van der Waals surface area contributed by atoms with Crippen molar-refractivity contribution in [3.63, 3.8) is 0 Å². The van der Waals surface area contributed by atoms with Crippen LogP contribution in [0.2, 0.25) is 0 Å². The Balaban J connectivity index is 1.38. The molecule has 0 unspecified atom stereocenters. The monoisotopic (exact) mass is 656 g/mol. The van der Waals surface area contributed by atoms with E-state index in [-0.39, 0.29) is 17.7 Å². The number of hydrogen-bond donors (Lipinski definition) is 3. The first-order valence-corrected chi connectivity index (χ1v) is 16.9. The first-order chi connectivity index (χ1) is 22.5. The summed E-state index contributed by atoms with van der Waals surface area (Å²) in [6, 6.07) is 18.1. The molecule has 10 heteroatoms. The Labute approximate surface area is 280 Å². The number of thiophene rings is 1. The van der Waals surface area contributed by atoms with E-state index in [1.54, 1.807) is 18.5 Å². The van der Waals surface area contributed by atoms with Gasteiger partial charge >= 0.3 is 5.97 Å². The number of carbonyl (C=O) groups is 3. The summed E-state index contributed by atoms with van der Waals surface area (Å²) in [7, 11) is 0. The predicted octanol–water partition coefficient (Wildman–Crippen LogP) is 7.06. The van der Waals surface area contributed by atoms with Crippen LogP contribution < -0.4 is 15.4 Å². The van der Waals surface area contributed by atoms with Gasteiger partial charge in [0.05, 0.1) is 11.5 Å². The smallest absolute Gasteiger partial charge is 0.322 e. The number of rotatable bonds is 16. The number of benzene rings is 2. The number of carboxylic acids is 1. The van der Waals surface area contributed by atoms with Gasteiger partial charge in [-0.15, -0.1) is 11.3 Å².